The molecule has 0 atom stereocenters. The lowest BCUT2D eigenvalue weighted by molar-refractivity contribution is -0.137. The normalized spacial score (nSPS) is 14.2. The van der Waals surface area contributed by atoms with Crippen LogP contribution in [0, 0.1) is 0 Å². The first-order valence-electron chi connectivity index (χ1n) is 12.7. The minimum atomic E-state index is -4.44. The maximum absolute atomic E-state index is 13.5. The number of anilines is 2. The highest BCUT2D eigenvalue weighted by Gasteiger charge is 2.31. The molecule has 1 aliphatic rings. The van der Waals surface area contributed by atoms with Crippen molar-refractivity contribution < 1.29 is 17.9 Å². The topological polar surface area (TPSA) is 46.4 Å². The monoisotopic (exact) mass is 529 g/mol. The Balaban J connectivity index is 1.40. The van der Waals surface area contributed by atoms with Crippen LogP contribution in [0.2, 0.25) is 0 Å². The first-order chi connectivity index (χ1) is 18.9. The number of hydrogen-bond donors (Lipinski definition) is 0. The minimum absolute atomic E-state index is 0.394. The number of methoxy groups -OCH3 is 1. The van der Waals surface area contributed by atoms with E-state index >= 15 is 0 Å². The molecule has 0 radical (unpaired) electrons. The van der Waals surface area contributed by atoms with E-state index in [0.29, 0.717) is 11.3 Å². The van der Waals surface area contributed by atoms with Gasteiger partial charge >= 0.3 is 6.18 Å². The number of halogens is 3. The third-order valence-electron chi connectivity index (χ3n) is 7.12. The van der Waals surface area contributed by atoms with Crippen LogP contribution in [0.4, 0.5) is 24.7 Å². The summed E-state index contributed by atoms with van der Waals surface area (Å²) in [5.74, 6) is 1.60. The summed E-state index contributed by atoms with van der Waals surface area (Å²) in [6.45, 7) is 3.07. The maximum Gasteiger partial charge on any atom is 0.416 e. The summed E-state index contributed by atoms with van der Waals surface area (Å²) in [7, 11) is 1.65. The van der Waals surface area contributed by atoms with Crippen molar-refractivity contribution in [3.63, 3.8) is 0 Å². The zero-order valence-electron chi connectivity index (χ0n) is 21.3. The number of piperazine rings is 1. The van der Waals surface area contributed by atoms with E-state index in [0.717, 1.165) is 72.1 Å². The lowest BCUT2D eigenvalue weighted by atomic mass is 10.1. The fourth-order valence-corrected chi connectivity index (χ4v) is 5.12. The zero-order valence-corrected chi connectivity index (χ0v) is 21.3. The van der Waals surface area contributed by atoms with Crippen LogP contribution < -0.4 is 14.5 Å². The predicted molar refractivity (Wildman–Crippen MR) is 147 cm³/mol. The molecular weight excluding hydrogens is 503 g/mol. The van der Waals surface area contributed by atoms with Crippen LogP contribution in [0.1, 0.15) is 5.56 Å². The molecule has 0 spiro atoms. The third-order valence-corrected chi connectivity index (χ3v) is 7.12. The predicted octanol–water partition coefficient (Wildman–Crippen LogP) is 6.44. The van der Waals surface area contributed by atoms with E-state index in [1.54, 1.807) is 17.7 Å². The van der Waals surface area contributed by atoms with E-state index in [1.807, 2.05) is 48.7 Å². The van der Waals surface area contributed by atoms with Crippen LogP contribution in [0.5, 0.6) is 5.75 Å². The average Bonchev–Trinajstić information content (AvgIpc) is 3.37. The van der Waals surface area contributed by atoms with E-state index in [-0.39, 0.29) is 0 Å². The highest BCUT2D eigenvalue weighted by Crippen LogP contribution is 2.38. The summed E-state index contributed by atoms with van der Waals surface area (Å²) >= 11 is 0. The number of hydrogen-bond acceptors (Lipinski definition) is 5. The summed E-state index contributed by atoms with van der Waals surface area (Å²) in [4.78, 5) is 13.8. The van der Waals surface area contributed by atoms with Gasteiger partial charge in [0.15, 0.2) is 5.65 Å². The van der Waals surface area contributed by atoms with Gasteiger partial charge in [-0.15, -0.1) is 0 Å². The molecule has 6 nitrogen and oxygen atoms in total. The molecule has 3 heterocycles. The van der Waals surface area contributed by atoms with Crippen molar-refractivity contribution in [3.05, 3.63) is 97.0 Å². The van der Waals surface area contributed by atoms with E-state index in [1.165, 1.54) is 12.4 Å². The fourth-order valence-electron chi connectivity index (χ4n) is 5.12. The number of aromatic nitrogens is 3. The van der Waals surface area contributed by atoms with Gasteiger partial charge < -0.3 is 19.1 Å². The molecule has 0 unspecified atom stereocenters. The molecule has 39 heavy (non-hydrogen) atoms. The Morgan fingerprint density at radius 3 is 2.18 bits per heavy atom. The van der Waals surface area contributed by atoms with Crippen molar-refractivity contribution in [3.8, 4) is 22.6 Å². The van der Waals surface area contributed by atoms with E-state index in [9.17, 15) is 13.2 Å². The first kappa shape index (κ1) is 24.8. The summed E-state index contributed by atoms with van der Waals surface area (Å²) in [6.07, 6.45) is -1.08. The van der Waals surface area contributed by atoms with Gasteiger partial charge in [0.2, 0.25) is 0 Å². The summed E-state index contributed by atoms with van der Waals surface area (Å²) in [5.41, 5.74) is 3.20. The number of nitrogens with zero attached hydrogens (tertiary/aromatic N) is 5. The Morgan fingerprint density at radius 2 is 1.49 bits per heavy atom. The molecule has 5 aromatic rings. The van der Waals surface area contributed by atoms with Crippen molar-refractivity contribution >= 4 is 22.5 Å². The standard InChI is InChI=1S/C30H26F3N5O/c1-39-25-12-10-23(11-13-25)36-14-16-37(17-15-36)28-27-26(21-6-3-2-4-7-21)19-38(29(27)35-20-34-28)24-9-5-8-22(18-24)30(31,32)33/h2-13,18-20H,14-17H2,1H3. The van der Waals surface area contributed by atoms with Crippen molar-refractivity contribution in [1.29, 1.82) is 0 Å². The second kappa shape index (κ2) is 9.98. The van der Waals surface area contributed by atoms with Crippen LogP contribution in [0.25, 0.3) is 27.8 Å². The van der Waals surface area contributed by atoms with Crippen molar-refractivity contribution in [2.45, 2.75) is 6.18 Å². The highest BCUT2D eigenvalue weighted by atomic mass is 19.4. The van der Waals surface area contributed by atoms with Crippen LogP contribution in [-0.2, 0) is 6.18 Å². The Labute approximate surface area is 223 Å². The van der Waals surface area contributed by atoms with Crippen LogP contribution in [-0.4, -0.2) is 47.8 Å². The first-order valence-corrected chi connectivity index (χ1v) is 12.7. The van der Waals surface area contributed by atoms with Gasteiger partial charge in [-0.3, -0.25) is 0 Å². The largest absolute Gasteiger partial charge is 0.497 e. The Morgan fingerprint density at radius 1 is 0.769 bits per heavy atom. The van der Waals surface area contributed by atoms with E-state index in [4.69, 9.17) is 4.74 Å². The van der Waals surface area contributed by atoms with Gasteiger partial charge in [-0.05, 0) is 48.0 Å². The van der Waals surface area contributed by atoms with Gasteiger partial charge in [-0.1, -0.05) is 36.4 Å². The molecule has 3 aromatic carbocycles. The Kier molecular flexibility index (Phi) is 6.34. The Hall–Kier alpha value is -4.53. The Bertz CT molecular complexity index is 1590. The van der Waals surface area contributed by atoms with E-state index in [2.05, 4.69) is 31.9 Å². The second-order valence-electron chi connectivity index (χ2n) is 9.39. The molecule has 1 saturated heterocycles. The highest BCUT2D eigenvalue weighted by molar-refractivity contribution is 6.02. The summed E-state index contributed by atoms with van der Waals surface area (Å²) in [5, 5.41) is 0.819. The van der Waals surface area contributed by atoms with Crippen molar-refractivity contribution in [1.82, 2.24) is 14.5 Å². The van der Waals surface area contributed by atoms with Crippen LogP contribution in [0.15, 0.2) is 91.4 Å². The summed E-state index contributed by atoms with van der Waals surface area (Å²) in [6, 6.07) is 23.2. The van der Waals surface area contributed by atoms with Gasteiger partial charge in [0, 0.05) is 49.3 Å². The molecule has 1 aliphatic heterocycles. The molecule has 0 N–H and O–H groups in total. The average molecular weight is 530 g/mol. The molecule has 6 rings (SSSR count). The van der Waals surface area contributed by atoms with Gasteiger partial charge in [0.1, 0.15) is 17.9 Å². The lowest BCUT2D eigenvalue weighted by Crippen LogP contribution is -2.46. The minimum Gasteiger partial charge on any atom is -0.497 e. The number of ether oxygens (including phenoxy) is 1. The molecule has 0 saturated carbocycles. The number of benzene rings is 3. The molecule has 2 aromatic heterocycles. The van der Waals surface area contributed by atoms with Gasteiger partial charge in [0.05, 0.1) is 18.1 Å². The number of alkyl halides is 3. The SMILES string of the molecule is COc1ccc(N2CCN(c3ncnc4c3c(-c3ccccc3)cn4-c3cccc(C(F)(F)F)c3)CC2)cc1. The fraction of sp³-hybridized carbons (Fsp3) is 0.200. The molecule has 198 valence electrons. The smallest absolute Gasteiger partial charge is 0.416 e. The number of rotatable bonds is 5. The molecule has 0 bridgehead atoms. The van der Waals surface area contributed by atoms with Crippen LogP contribution in [0.3, 0.4) is 0 Å². The maximum atomic E-state index is 13.5. The zero-order chi connectivity index (χ0) is 27.0. The molecule has 0 amide bonds. The molecular formula is C30H26F3N5O. The van der Waals surface area contributed by atoms with Gasteiger partial charge in [-0.2, -0.15) is 13.2 Å². The third kappa shape index (κ3) is 4.76. The molecule has 9 heteroatoms. The van der Waals surface area contributed by atoms with Crippen molar-refractivity contribution in [2.75, 3.05) is 43.1 Å². The number of fused-ring (bicyclic) bond motifs is 1. The van der Waals surface area contributed by atoms with Crippen LogP contribution >= 0.6 is 0 Å². The lowest BCUT2D eigenvalue weighted by Gasteiger charge is -2.37. The molecule has 1 fully saturated rings. The summed E-state index contributed by atoms with van der Waals surface area (Å²) < 4.78 is 47.6. The van der Waals surface area contributed by atoms with Crippen molar-refractivity contribution in [2.24, 2.45) is 0 Å². The van der Waals surface area contributed by atoms with Gasteiger partial charge in [0.25, 0.3) is 0 Å². The second-order valence-corrected chi connectivity index (χ2v) is 9.39. The van der Waals surface area contributed by atoms with E-state index < -0.39 is 11.7 Å². The quantitative estimate of drug-likeness (QED) is 0.262. The molecule has 0 aliphatic carbocycles. The van der Waals surface area contributed by atoms with Gasteiger partial charge in [-0.25, -0.2) is 9.97 Å².